The molecular formula is C34H36Cl2N2O5. The van der Waals surface area contributed by atoms with Gasteiger partial charge < -0.3 is 35.0 Å². The summed E-state index contributed by atoms with van der Waals surface area (Å²) in [5.41, 5.74) is 2.51. The minimum atomic E-state index is -1.23. The van der Waals surface area contributed by atoms with Crippen molar-refractivity contribution in [2.45, 2.75) is 24.4 Å². The van der Waals surface area contributed by atoms with Gasteiger partial charge in [-0.15, -0.1) is 0 Å². The molecule has 4 N–H and O–H groups in total. The van der Waals surface area contributed by atoms with Crippen molar-refractivity contribution in [1.82, 2.24) is 10.2 Å². The number of likely N-dealkylation sites (N-methyl/N-ethyl adjacent to an activating group) is 1. The summed E-state index contributed by atoms with van der Waals surface area (Å²) in [7, 11) is 3.88. The lowest BCUT2D eigenvalue weighted by atomic mass is 9.83. The van der Waals surface area contributed by atoms with Gasteiger partial charge in [0.15, 0.2) is 0 Å². The fraction of sp³-hybridized carbons (Fsp3) is 0.294. The first-order valence-corrected chi connectivity index (χ1v) is 14.8. The van der Waals surface area contributed by atoms with Crippen LogP contribution in [0.1, 0.15) is 33.4 Å². The van der Waals surface area contributed by atoms with E-state index in [2.05, 4.69) is 5.32 Å². The normalized spacial score (nSPS) is 20.1. The van der Waals surface area contributed by atoms with Crippen LogP contribution in [0.4, 0.5) is 0 Å². The summed E-state index contributed by atoms with van der Waals surface area (Å²) in [5, 5.41) is 36.2. The number of hydrogen-bond donors (Lipinski definition) is 4. The quantitative estimate of drug-likeness (QED) is 0.223. The predicted octanol–water partition coefficient (Wildman–Crippen LogP) is 5.08. The third-order valence-electron chi connectivity index (χ3n) is 7.68. The number of hydrogen-bond acceptors (Lipinski definition) is 7. The molecule has 2 heterocycles. The first-order valence-electron chi connectivity index (χ1n) is 14.1. The Labute approximate surface area is 262 Å². The number of halogens is 2. The maximum atomic E-state index is 11.5. The van der Waals surface area contributed by atoms with E-state index in [1.165, 1.54) is 0 Å². The number of nitrogens with one attached hydrogen (secondary N) is 1. The van der Waals surface area contributed by atoms with Crippen LogP contribution in [0.5, 0.6) is 11.5 Å². The largest absolute Gasteiger partial charge is 0.488 e. The van der Waals surface area contributed by atoms with E-state index in [1.54, 1.807) is 6.07 Å². The SMILES string of the molecule is CN(C)CC1(O)c2cc(Cl)ccc2COc2ccccc21.OCCNCC1(O)c2ccc(Cl)cc2COc2ccccc21. The molecule has 226 valence electrons. The van der Waals surface area contributed by atoms with E-state index in [4.69, 9.17) is 37.8 Å². The van der Waals surface area contributed by atoms with E-state index in [1.807, 2.05) is 97.9 Å². The summed E-state index contributed by atoms with van der Waals surface area (Å²) in [6.07, 6.45) is 0. The molecule has 0 amide bonds. The fourth-order valence-corrected chi connectivity index (χ4v) is 6.15. The molecule has 2 unspecified atom stereocenters. The minimum Gasteiger partial charge on any atom is -0.488 e. The number of rotatable bonds is 6. The molecule has 0 aliphatic carbocycles. The second kappa shape index (κ2) is 13.2. The lowest BCUT2D eigenvalue weighted by molar-refractivity contribution is 0.0508. The topological polar surface area (TPSA) is 94.4 Å². The molecule has 6 rings (SSSR count). The lowest BCUT2D eigenvalue weighted by Crippen LogP contribution is -2.40. The van der Waals surface area contributed by atoms with Crippen LogP contribution in [0.2, 0.25) is 10.0 Å². The Morgan fingerprint density at radius 2 is 1.30 bits per heavy atom. The fourth-order valence-electron chi connectivity index (χ4n) is 5.78. The Morgan fingerprint density at radius 1 is 0.721 bits per heavy atom. The highest BCUT2D eigenvalue weighted by Gasteiger charge is 2.39. The number of fused-ring (bicyclic) bond motifs is 4. The minimum absolute atomic E-state index is 0.0156. The second-order valence-electron chi connectivity index (χ2n) is 11.0. The van der Waals surface area contributed by atoms with Gasteiger partial charge in [0.1, 0.15) is 35.9 Å². The molecule has 2 aliphatic heterocycles. The number of aliphatic hydroxyl groups is 3. The van der Waals surface area contributed by atoms with Crippen LogP contribution in [0, 0.1) is 0 Å². The highest BCUT2D eigenvalue weighted by molar-refractivity contribution is 6.31. The van der Waals surface area contributed by atoms with Crippen molar-refractivity contribution >= 4 is 23.2 Å². The van der Waals surface area contributed by atoms with Crippen LogP contribution in [0.25, 0.3) is 0 Å². The van der Waals surface area contributed by atoms with Crippen molar-refractivity contribution < 1.29 is 24.8 Å². The van der Waals surface area contributed by atoms with Gasteiger partial charge in [-0.3, -0.25) is 0 Å². The Balaban J connectivity index is 0.000000171. The molecule has 0 fully saturated rings. The molecule has 9 heteroatoms. The highest BCUT2D eigenvalue weighted by atomic mass is 35.5. The van der Waals surface area contributed by atoms with Crippen molar-refractivity contribution in [3.63, 3.8) is 0 Å². The van der Waals surface area contributed by atoms with E-state index < -0.39 is 11.2 Å². The van der Waals surface area contributed by atoms with Crippen molar-refractivity contribution in [1.29, 1.82) is 0 Å². The van der Waals surface area contributed by atoms with Crippen LogP contribution in [-0.2, 0) is 24.4 Å². The molecule has 0 spiro atoms. The second-order valence-corrected chi connectivity index (χ2v) is 11.9. The number of nitrogens with zero attached hydrogens (tertiary/aromatic N) is 1. The van der Waals surface area contributed by atoms with Crippen molar-refractivity contribution in [3.05, 3.63) is 128 Å². The van der Waals surface area contributed by atoms with Gasteiger partial charge in [-0.25, -0.2) is 0 Å². The third kappa shape index (κ3) is 6.54. The van der Waals surface area contributed by atoms with Gasteiger partial charge in [0, 0.05) is 40.8 Å². The zero-order valence-electron chi connectivity index (χ0n) is 24.2. The van der Waals surface area contributed by atoms with E-state index in [-0.39, 0.29) is 13.2 Å². The Morgan fingerprint density at radius 3 is 1.95 bits per heavy atom. The summed E-state index contributed by atoms with van der Waals surface area (Å²) in [6.45, 7) is 1.95. The van der Waals surface area contributed by atoms with Gasteiger partial charge in [0.05, 0.1) is 6.61 Å². The number of ether oxygens (including phenoxy) is 2. The molecule has 2 atom stereocenters. The maximum absolute atomic E-state index is 11.5. The molecule has 0 radical (unpaired) electrons. The third-order valence-corrected chi connectivity index (χ3v) is 8.15. The summed E-state index contributed by atoms with van der Waals surface area (Å²) in [5.74, 6) is 1.37. The summed E-state index contributed by atoms with van der Waals surface area (Å²) >= 11 is 12.2. The average molecular weight is 624 g/mol. The predicted molar refractivity (Wildman–Crippen MR) is 169 cm³/mol. The first kappa shape index (κ1) is 31.3. The molecule has 2 aliphatic rings. The standard InChI is InChI=1S/C17H18ClNO3.C17H18ClNO2/c18-13-5-6-14-12(9-13)10-22-16-4-2-1-3-15(16)17(14,21)11-19-7-8-20;1-19(2)11-17(20)14-5-3-4-6-16(14)21-10-12-7-8-13(18)9-15(12)17/h1-6,9,19-21H,7-8,10-11H2;3-9,20H,10-11H2,1-2H3. The summed E-state index contributed by atoms with van der Waals surface area (Å²) in [4.78, 5) is 1.97. The Bertz CT molecular complexity index is 1580. The average Bonchev–Trinajstić information content (AvgIpc) is 3.18. The molecule has 43 heavy (non-hydrogen) atoms. The van der Waals surface area contributed by atoms with Gasteiger partial charge in [0.2, 0.25) is 0 Å². The van der Waals surface area contributed by atoms with E-state index in [0.717, 1.165) is 27.8 Å². The van der Waals surface area contributed by atoms with Crippen LogP contribution < -0.4 is 14.8 Å². The summed E-state index contributed by atoms with van der Waals surface area (Å²) < 4.78 is 11.7. The van der Waals surface area contributed by atoms with E-state index in [0.29, 0.717) is 53.4 Å². The zero-order valence-corrected chi connectivity index (χ0v) is 25.7. The maximum Gasteiger partial charge on any atom is 0.131 e. The highest BCUT2D eigenvalue weighted by Crippen LogP contribution is 2.42. The summed E-state index contributed by atoms with van der Waals surface area (Å²) in [6, 6.07) is 26.1. The Kier molecular flexibility index (Phi) is 9.63. The first-order chi connectivity index (χ1) is 20.7. The molecule has 0 bridgehead atoms. The smallest absolute Gasteiger partial charge is 0.131 e. The molecule has 4 aromatic carbocycles. The van der Waals surface area contributed by atoms with E-state index >= 15 is 0 Å². The lowest BCUT2D eigenvalue weighted by Gasteiger charge is -2.32. The van der Waals surface area contributed by atoms with Crippen LogP contribution in [-0.4, -0.2) is 60.6 Å². The van der Waals surface area contributed by atoms with Crippen LogP contribution >= 0.6 is 23.2 Å². The van der Waals surface area contributed by atoms with Gasteiger partial charge in [-0.1, -0.05) is 71.7 Å². The Hall–Kier alpha value is -3.14. The molecule has 0 saturated carbocycles. The van der Waals surface area contributed by atoms with Crippen molar-refractivity contribution in [2.75, 3.05) is 40.3 Å². The number of aliphatic hydroxyl groups excluding tert-OH is 1. The molecule has 4 aromatic rings. The van der Waals surface area contributed by atoms with Gasteiger partial charge >= 0.3 is 0 Å². The molecule has 0 aromatic heterocycles. The monoisotopic (exact) mass is 622 g/mol. The number of para-hydroxylation sites is 2. The molecule has 7 nitrogen and oxygen atoms in total. The van der Waals surface area contributed by atoms with Crippen molar-refractivity contribution in [2.24, 2.45) is 0 Å². The van der Waals surface area contributed by atoms with Gasteiger partial charge in [-0.2, -0.15) is 0 Å². The molecule has 0 saturated heterocycles. The van der Waals surface area contributed by atoms with Crippen LogP contribution in [0.15, 0.2) is 84.9 Å². The zero-order chi connectivity index (χ0) is 30.6. The van der Waals surface area contributed by atoms with Crippen LogP contribution in [0.3, 0.4) is 0 Å². The number of benzene rings is 4. The van der Waals surface area contributed by atoms with Gasteiger partial charge in [-0.05, 0) is 72.7 Å². The molecular weight excluding hydrogens is 587 g/mol. The van der Waals surface area contributed by atoms with E-state index in [9.17, 15) is 10.2 Å². The van der Waals surface area contributed by atoms with Crippen molar-refractivity contribution in [3.8, 4) is 11.5 Å². The van der Waals surface area contributed by atoms with Gasteiger partial charge in [0.25, 0.3) is 0 Å².